The minimum Gasteiger partial charge on any atom is -0.396 e. The van der Waals surface area contributed by atoms with E-state index in [-0.39, 0.29) is 19.1 Å². The van der Waals surface area contributed by atoms with Gasteiger partial charge in [0.05, 0.1) is 23.7 Å². The van der Waals surface area contributed by atoms with Crippen molar-refractivity contribution in [3.8, 4) is 0 Å². The van der Waals surface area contributed by atoms with E-state index in [0.29, 0.717) is 42.9 Å². The number of carbonyl (C=O) groups excluding carboxylic acids is 2. The van der Waals surface area contributed by atoms with Crippen molar-refractivity contribution in [2.24, 2.45) is 4.99 Å². The lowest BCUT2D eigenvalue weighted by atomic mass is 10.1. The standard InChI is InChI=1S/C23H26N4O5/c1-15(29)16-4-2-5-17(12-16)22(31)25-23-24-19-13-18(26-9-11-32-14-21(26)30)6-7-20(19)27(23)8-3-10-28/h2,4-7,12-13,15,28-29H,3,8-11,14H2,1H3,(H,24,25,31)/t15-/m0/s1. The molecule has 2 heterocycles. The second-order valence-corrected chi connectivity index (χ2v) is 7.70. The number of H-pyrrole nitrogens is 1. The molecule has 1 saturated heterocycles. The van der Waals surface area contributed by atoms with Gasteiger partial charge in [-0.1, -0.05) is 12.1 Å². The number of imidazole rings is 1. The number of aromatic amines is 1. The van der Waals surface area contributed by atoms with Gasteiger partial charge in [-0.3, -0.25) is 9.59 Å². The van der Waals surface area contributed by atoms with Crippen LogP contribution < -0.4 is 10.5 Å². The van der Waals surface area contributed by atoms with E-state index in [2.05, 4.69) is 9.98 Å². The summed E-state index contributed by atoms with van der Waals surface area (Å²) in [6, 6.07) is 12.3. The number of aromatic nitrogens is 2. The van der Waals surface area contributed by atoms with Gasteiger partial charge in [-0.2, -0.15) is 4.99 Å². The van der Waals surface area contributed by atoms with Gasteiger partial charge in [-0.25, -0.2) is 0 Å². The van der Waals surface area contributed by atoms with Crippen molar-refractivity contribution in [2.45, 2.75) is 26.0 Å². The molecule has 3 aromatic rings. The van der Waals surface area contributed by atoms with Crippen LogP contribution in [0.3, 0.4) is 0 Å². The summed E-state index contributed by atoms with van der Waals surface area (Å²) in [5, 5.41) is 19.1. The van der Waals surface area contributed by atoms with Crippen LogP contribution in [-0.4, -0.2) is 57.9 Å². The Labute approximate surface area is 184 Å². The number of rotatable bonds is 6. The number of morpholine rings is 1. The number of benzene rings is 2. The molecular formula is C23H26N4O5. The van der Waals surface area contributed by atoms with Gasteiger partial charge >= 0.3 is 0 Å². The Morgan fingerprint density at radius 1 is 1.28 bits per heavy atom. The molecule has 0 unspecified atom stereocenters. The number of amides is 2. The van der Waals surface area contributed by atoms with Crippen LogP contribution in [0.4, 0.5) is 5.69 Å². The predicted molar refractivity (Wildman–Crippen MR) is 118 cm³/mol. The maximum absolute atomic E-state index is 12.9. The van der Waals surface area contributed by atoms with Crippen molar-refractivity contribution < 1.29 is 24.5 Å². The summed E-state index contributed by atoms with van der Waals surface area (Å²) in [4.78, 5) is 34.2. The first kappa shape index (κ1) is 21.9. The van der Waals surface area contributed by atoms with E-state index < -0.39 is 12.0 Å². The summed E-state index contributed by atoms with van der Waals surface area (Å²) in [6.07, 6.45) is -0.193. The molecule has 1 aromatic heterocycles. The fourth-order valence-electron chi connectivity index (χ4n) is 3.76. The number of fused-ring (bicyclic) bond motifs is 1. The van der Waals surface area contributed by atoms with Crippen LogP contribution >= 0.6 is 0 Å². The Hall–Kier alpha value is -3.27. The lowest BCUT2D eigenvalue weighted by molar-refractivity contribution is -0.125. The summed E-state index contributed by atoms with van der Waals surface area (Å²) < 4.78 is 7.04. The summed E-state index contributed by atoms with van der Waals surface area (Å²) in [5.74, 6) is -0.547. The Balaban J connectivity index is 1.76. The normalized spacial score (nSPS) is 16.0. The average molecular weight is 438 g/mol. The monoisotopic (exact) mass is 438 g/mol. The Kier molecular flexibility index (Phi) is 6.50. The van der Waals surface area contributed by atoms with Crippen LogP contribution in [-0.2, 0) is 16.1 Å². The maximum Gasteiger partial charge on any atom is 0.280 e. The summed E-state index contributed by atoms with van der Waals surface area (Å²) in [5.41, 5.74) is 3.64. The maximum atomic E-state index is 12.9. The largest absolute Gasteiger partial charge is 0.396 e. The number of hydrogen-bond acceptors (Lipinski definition) is 5. The molecule has 9 nitrogen and oxygen atoms in total. The Morgan fingerprint density at radius 2 is 2.12 bits per heavy atom. The van der Waals surface area contributed by atoms with Crippen LogP contribution in [0.2, 0.25) is 0 Å². The zero-order valence-electron chi connectivity index (χ0n) is 17.8. The van der Waals surface area contributed by atoms with E-state index in [1.165, 1.54) is 0 Å². The van der Waals surface area contributed by atoms with Crippen LogP contribution in [0.15, 0.2) is 47.5 Å². The average Bonchev–Trinajstić information content (AvgIpc) is 3.14. The van der Waals surface area contributed by atoms with Gasteiger partial charge in [0.1, 0.15) is 6.61 Å². The molecule has 2 aromatic carbocycles. The van der Waals surface area contributed by atoms with Crippen LogP contribution in [0.5, 0.6) is 0 Å². The first-order valence-electron chi connectivity index (χ1n) is 10.6. The molecule has 1 aliphatic heterocycles. The van der Waals surface area contributed by atoms with Crippen molar-refractivity contribution in [1.29, 1.82) is 0 Å². The number of nitrogens with zero attached hydrogens (tertiary/aromatic N) is 3. The summed E-state index contributed by atoms with van der Waals surface area (Å²) in [7, 11) is 0. The number of ether oxygens (including phenoxy) is 1. The highest BCUT2D eigenvalue weighted by Crippen LogP contribution is 2.22. The zero-order chi connectivity index (χ0) is 22.7. The van der Waals surface area contributed by atoms with Gasteiger partial charge in [-0.05, 0) is 49.2 Å². The second kappa shape index (κ2) is 9.47. The number of nitrogens with one attached hydrogen (secondary N) is 1. The van der Waals surface area contributed by atoms with E-state index in [1.807, 2.05) is 22.8 Å². The Bertz CT molecular complexity index is 1210. The third kappa shape index (κ3) is 4.50. The molecule has 0 radical (unpaired) electrons. The third-order valence-corrected chi connectivity index (χ3v) is 5.43. The van der Waals surface area contributed by atoms with Crippen molar-refractivity contribution in [2.75, 3.05) is 31.3 Å². The first-order chi connectivity index (χ1) is 15.5. The summed E-state index contributed by atoms with van der Waals surface area (Å²) >= 11 is 0. The molecule has 168 valence electrons. The topological polar surface area (TPSA) is 120 Å². The highest BCUT2D eigenvalue weighted by Gasteiger charge is 2.21. The number of hydrogen-bond donors (Lipinski definition) is 3. The highest BCUT2D eigenvalue weighted by atomic mass is 16.5. The van der Waals surface area contributed by atoms with Gasteiger partial charge in [0.15, 0.2) is 0 Å². The zero-order valence-corrected chi connectivity index (χ0v) is 17.8. The molecule has 1 atom stereocenters. The molecule has 32 heavy (non-hydrogen) atoms. The van der Waals surface area contributed by atoms with Gasteiger partial charge in [0, 0.05) is 30.9 Å². The fraction of sp³-hybridized carbons (Fsp3) is 0.348. The molecule has 0 saturated carbocycles. The van der Waals surface area contributed by atoms with Gasteiger partial charge < -0.3 is 29.4 Å². The molecule has 4 rings (SSSR count). The molecule has 0 bridgehead atoms. The SMILES string of the molecule is C[C@H](O)c1cccc(C(=O)/N=c2\[nH]c3cc(N4CCOCC4=O)ccc3n2CCCO)c1. The Morgan fingerprint density at radius 3 is 2.88 bits per heavy atom. The number of aliphatic hydroxyl groups is 2. The fourth-order valence-corrected chi connectivity index (χ4v) is 3.76. The minimum absolute atomic E-state index is 0.00383. The number of aryl methyl sites for hydroxylation is 1. The van der Waals surface area contributed by atoms with Crippen LogP contribution in [0.25, 0.3) is 11.0 Å². The van der Waals surface area contributed by atoms with Gasteiger partial charge in [0.2, 0.25) is 5.62 Å². The molecule has 0 spiro atoms. The van der Waals surface area contributed by atoms with Crippen molar-refractivity contribution in [3.05, 3.63) is 59.2 Å². The third-order valence-electron chi connectivity index (χ3n) is 5.43. The lowest BCUT2D eigenvalue weighted by Crippen LogP contribution is -2.41. The van der Waals surface area contributed by atoms with Gasteiger partial charge in [0.25, 0.3) is 11.8 Å². The number of carbonyl (C=O) groups is 2. The minimum atomic E-state index is -0.688. The highest BCUT2D eigenvalue weighted by molar-refractivity contribution is 5.97. The quantitative estimate of drug-likeness (QED) is 0.539. The first-order valence-corrected chi connectivity index (χ1v) is 10.6. The van der Waals surface area contributed by atoms with E-state index >= 15 is 0 Å². The predicted octanol–water partition coefficient (Wildman–Crippen LogP) is 1.51. The molecule has 9 heteroatoms. The van der Waals surface area contributed by atoms with Crippen LogP contribution in [0.1, 0.15) is 35.4 Å². The van der Waals surface area contributed by atoms with Crippen molar-refractivity contribution in [1.82, 2.24) is 9.55 Å². The molecule has 3 N–H and O–H groups in total. The van der Waals surface area contributed by atoms with E-state index in [4.69, 9.17) is 4.74 Å². The molecule has 0 aliphatic carbocycles. The van der Waals surface area contributed by atoms with Crippen molar-refractivity contribution in [3.63, 3.8) is 0 Å². The number of aliphatic hydroxyl groups excluding tert-OH is 2. The van der Waals surface area contributed by atoms with Crippen molar-refractivity contribution >= 4 is 28.5 Å². The van der Waals surface area contributed by atoms with Crippen LogP contribution in [0, 0.1) is 0 Å². The van der Waals surface area contributed by atoms with E-state index in [0.717, 1.165) is 16.7 Å². The number of anilines is 1. The van der Waals surface area contributed by atoms with E-state index in [1.54, 1.807) is 36.1 Å². The molecule has 1 fully saturated rings. The van der Waals surface area contributed by atoms with Gasteiger partial charge in [-0.15, -0.1) is 0 Å². The summed E-state index contributed by atoms with van der Waals surface area (Å²) in [6.45, 7) is 3.12. The second-order valence-electron chi connectivity index (χ2n) is 7.70. The molecule has 1 aliphatic rings. The smallest absolute Gasteiger partial charge is 0.280 e. The molecular weight excluding hydrogens is 412 g/mol. The molecule has 2 amide bonds. The van der Waals surface area contributed by atoms with E-state index in [9.17, 15) is 19.8 Å². The lowest BCUT2D eigenvalue weighted by Gasteiger charge is -2.26.